The van der Waals surface area contributed by atoms with Gasteiger partial charge in [-0.15, -0.1) is 0 Å². The third-order valence-electron chi connectivity index (χ3n) is 1.79. The van der Waals surface area contributed by atoms with Crippen molar-refractivity contribution < 1.29 is 5.11 Å². The molecule has 0 atom stereocenters. The van der Waals surface area contributed by atoms with Gasteiger partial charge in [-0.2, -0.15) is 0 Å². The lowest BCUT2D eigenvalue weighted by Crippen LogP contribution is -2.22. The van der Waals surface area contributed by atoms with E-state index >= 15 is 0 Å². The highest BCUT2D eigenvalue weighted by Gasteiger charge is 2.02. The highest BCUT2D eigenvalue weighted by Crippen LogP contribution is 2.04. The zero-order chi connectivity index (χ0) is 10.0. The van der Waals surface area contributed by atoms with Crippen molar-refractivity contribution in [1.82, 2.24) is 9.88 Å². The van der Waals surface area contributed by atoms with Crippen molar-refractivity contribution >= 4 is 0 Å². The Morgan fingerprint density at radius 3 is 2.69 bits per heavy atom. The molecule has 0 amide bonds. The first-order chi connectivity index (χ1) is 6.02. The largest absolute Gasteiger partial charge is 0.869 e. The maximum absolute atomic E-state index is 11.4. The second-order valence-electron chi connectivity index (χ2n) is 3.33. The van der Waals surface area contributed by atoms with Crippen molar-refractivity contribution in [2.45, 2.75) is 13.5 Å². The average molecular weight is 181 g/mol. The van der Waals surface area contributed by atoms with Crippen LogP contribution in [0.4, 0.5) is 0 Å². The van der Waals surface area contributed by atoms with E-state index in [2.05, 4.69) is 4.98 Å². The standard InChI is InChI=1S/C9H14N2O2/c1-6-8(12)9(13)7(4-10-6)5-11(2)3/h4,12H,5H2,1-3H3,(H,10,13)/p-1. The van der Waals surface area contributed by atoms with Crippen LogP contribution in [0.1, 0.15) is 11.3 Å². The minimum atomic E-state index is -0.431. The minimum Gasteiger partial charge on any atom is -0.869 e. The molecule has 0 bridgehead atoms. The van der Waals surface area contributed by atoms with Gasteiger partial charge in [0, 0.05) is 24.0 Å². The first kappa shape index (κ1) is 9.80. The Bertz CT molecular complexity index is 355. The van der Waals surface area contributed by atoms with Gasteiger partial charge in [-0.3, -0.25) is 4.79 Å². The molecule has 0 aliphatic rings. The third kappa shape index (κ3) is 2.09. The first-order valence-electron chi connectivity index (χ1n) is 4.05. The zero-order valence-corrected chi connectivity index (χ0v) is 8.05. The summed E-state index contributed by atoms with van der Waals surface area (Å²) in [5.74, 6) is -0.431. The molecule has 0 aromatic carbocycles. The van der Waals surface area contributed by atoms with Crippen LogP contribution in [0, 0.1) is 6.92 Å². The lowest BCUT2D eigenvalue weighted by molar-refractivity contribution is -0.271. The highest BCUT2D eigenvalue weighted by molar-refractivity contribution is 5.28. The van der Waals surface area contributed by atoms with Crippen LogP contribution in [0.15, 0.2) is 11.0 Å². The van der Waals surface area contributed by atoms with E-state index in [1.165, 1.54) is 0 Å². The molecule has 4 nitrogen and oxygen atoms in total. The Labute approximate surface area is 76.8 Å². The quantitative estimate of drug-likeness (QED) is 0.688. The smallest absolute Gasteiger partial charge is 0.178 e. The number of H-pyrrole nitrogens is 1. The molecule has 0 fully saturated rings. The predicted octanol–water partition coefficient (Wildman–Crippen LogP) is -0.181. The van der Waals surface area contributed by atoms with Crippen LogP contribution in [0.5, 0.6) is 5.75 Å². The van der Waals surface area contributed by atoms with Crippen LogP contribution >= 0.6 is 0 Å². The van der Waals surface area contributed by atoms with Crippen LogP contribution in [0.3, 0.4) is 0 Å². The molecular formula is C9H13N2O2-. The summed E-state index contributed by atoms with van der Waals surface area (Å²) in [6.45, 7) is 2.09. The lowest BCUT2D eigenvalue weighted by atomic mass is 10.2. The van der Waals surface area contributed by atoms with Gasteiger partial charge in [0.25, 0.3) is 0 Å². The number of hydrogen-bond donors (Lipinski definition) is 1. The van der Waals surface area contributed by atoms with Gasteiger partial charge >= 0.3 is 0 Å². The normalized spacial score (nSPS) is 10.8. The fourth-order valence-electron chi connectivity index (χ4n) is 1.10. The van der Waals surface area contributed by atoms with Crippen molar-refractivity contribution in [3.05, 3.63) is 27.7 Å². The summed E-state index contributed by atoms with van der Waals surface area (Å²) in [4.78, 5) is 16.0. The van der Waals surface area contributed by atoms with Gasteiger partial charge in [-0.05, 0) is 26.8 Å². The Hall–Kier alpha value is -1.29. The number of aryl methyl sites for hydroxylation is 1. The van der Waals surface area contributed by atoms with E-state index in [0.29, 0.717) is 17.8 Å². The number of aromatic nitrogens is 1. The molecule has 0 aliphatic carbocycles. The first-order valence-corrected chi connectivity index (χ1v) is 4.05. The summed E-state index contributed by atoms with van der Waals surface area (Å²) in [5.41, 5.74) is 0.512. The van der Waals surface area contributed by atoms with Gasteiger partial charge in [0.1, 0.15) is 0 Å². The predicted molar refractivity (Wildman–Crippen MR) is 48.6 cm³/mol. The second-order valence-corrected chi connectivity index (χ2v) is 3.33. The molecule has 1 aromatic heterocycles. The fraction of sp³-hybridized carbons (Fsp3) is 0.444. The molecule has 1 heterocycles. The maximum atomic E-state index is 11.4. The average Bonchev–Trinajstić information content (AvgIpc) is 2.06. The number of hydrogen-bond acceptors (Lipinski definition) is 3. The van der Waals surface area contributed by atoms with Crippen LogP contribution in [0.2, 0.25) is 0 Å². The highest BCUT2D eigenvalue weighted by atomic mass is 16.3. The molecule has 0 radical (unpaired) electrons. The topological polar surface area (TPSA) is 59.2 Å². The molecule has 0 spiro atoms. The maximum Gasteiger partial charge on any atom is 0.178 e. The summed E-state index contributed by atoms with van der Waals surface area (Å²) in [7, 11) is 3.70. The van der Waals surface area contributed by atoms with Gasteiger partial charge in [-0.25, -0.2) is 0 Å². The molecule has 72 valence electrons. The molecular weight excluding hydrogens is 168 g/mol. The van der Waals surface area contributed by atoms with E-state index in [1.807, 2.05) is 19.0 Å². The molecule has 0 saturated heterocycles. The van der Waals surface area contributed by atoms with Gasteiger partial charge in [0.15, 0.2) is 5.43 Å². The van der Waals surface area contributed by atoms with Crippen LogP contribution in [-0.2, 0) is 6.54 Å². The molecule has 13 heavy (non-hydrogen) atoms. The molecule has 1 aromatic rings. The van der Waals surface area contributed by atoms with E-state index in [-0.39, 0.29) is 0 Å². The number of rotatable bonds is 2. The molecule has 0 aliphatic heterocycles. The number of pyridine rings is 1. The van der Waals surface area contributed by atoms with Crippen LogP contribution in [0.25, 0.3) is 0 Å². The SMILES string of the molecule is Cc1[nH]cc(CN(C)C)c(=O)c1[O-]. The summed E-state index contributed by atoms with van der Waals surface area (Å²) in [5, 5.41) is 11.2. The van der Waals surface area contributed by atoms with Gasteiger partial charge < -0.3 is 15.0 Å². The van der Waals surface area contributed by atoms with Crippen LogP contribution in [-0.4, -0.2) is 24.0 Å². The Kier molecular flexibility index (Phi) is 2.72. The Balaban J connectivity index is 3.12. The van der Waals surface area contributed by atoms with Gasteiger partial charge in [-0.1, -0.05) is 0 Å². The summed E-state index contributed by atoms with van der Waals surface area (Å²) < 4.78 is 0. The van der Waals surface area contributed by atoms with E-state index in [9.17, 15) is 9.90 Å². The Morgan fingerprint density at radius 2 is 2.15 bits per heavy atom. The van der Waals surface area contributed by atoms with E-state index in [4.69, 9.17) is 0 Å². The van der Waals surface area contributed by atoms with E-state index in [0.717, 1.165) is 0 Å². The molecule has 0 unspecified atom stereocenters. The minimum absolute atomic E-state index is 0.396. The monoisotopic (exact) mass is 181 g/mol. The molecule has 0 saturated carbocycles. The number of nitrogens with zero attached hydrogens (tertiary/aromatic N) is 1. The van der Waals surface area contributed by atoms with Crippen molar-refractivity contribution in [2.24, 2.45) is 0 Å². The molecule has 4 heteroatoms. The van der Waals surface area contributed by atoms with E-state index < -0.39 is 11.2 Å². The number of aromatic amines is 1. The summed E-state index contributed by atoms with van der Waals surface area (Å²) in [6.07, 6.45) is 1.60. The summed E-state index contributed by atoms with van der Waals surface area (Å²) in [6, 6.07) is 0. The van der Waals surface area contributed by atoms with Crippen molar-refractivity contribution in [1.29, 1.82) is 0 Å². The van der Waals surface area contributed by atoms with Crippen molar-refractivity contribution in [3.63, 3.8) is 0 Å². The molecule has 1 rings (SSSR count). The number of nitrogens with one attached hydrogen (secondary N) is 1. The van der Waals surface area contributed by atoms with Crippen molar-refractivity contribution in [2.75, 3.05) is 14.1 Å². The summed E-state index contributed by atoms with van der Waals surface area (Å²) >= 11 is 0. The van der Waals surface area contributed by atoms with Crippen LogP contribution < -0.4 is 10.5 Å². The van der Waals surface area contributed by atoms with Crippen molar-refractivity contribution in [3.8, 4) is 5.75 Å². The Morgan fingerprint density at radius 1 is 1.54 bits per heavy atom. The lowest BCUT2D eigenvalue weighted by Gasteiger charge is -2.13. The van der Waals surface area contributed by atoms with Gasteiger partial charge in [0.05, 0.1) is 0 Å². The van der Waals surface area contributed by atoms with E-state index in [1.54, 1.807) is 13.1 Å². The molecule has 1 N–H and O–H groups in total. The third-order valence-corrected chi connectivity index (χ3v) is 1.79. The fourth-order valence-corrected chi connectivity index (χ4v) is 1.10. The zero-order valence-electron chi connectivity index (χ0n) is 8.05. The van der Waals surface area contributed by atoms with Gasteiger partial charge in [0.2, 0.25) is 0 Å². The second kappa shape index (κ2) is 3.62.